The fourth-order valence-electron chi connectivity index (χ4n) is 2.01. The molecule has 1 aromatic heterocycles. The van der Waals surface area contributed by atoms with Gasteiger partial charge in [-0.2, -0.15) is 5.10 Å². The van der Waals surface area contributed by atoms with Crippen LogP contribution in [-0.2, 0) is 13.6 Å². The van der Waals surface area contributed by atoms with Gasteiger partial charge in [-0.3, -0.25) is 9.58 Å². The SMILES string of the molecule is CC(C)NCCCC(C)N(C)Cc1cnn(C)c1. The Morgan fingerprint density at radius 1 is 1.39 bits per heavy atom. The lowest BCUT2D eigenvalue weighted by Crippen LogP contribution is -2.30. The summed E-state index contributed by atoms with van der Waals surface area (Å²) in [5.74, 6) is 0. The number of nitrogens with zero attached hydrogens (tertiary/aromatic N) is 3. The molecule has 0 radical (unpaired) electrons. The zero-order valence-electron chi connectivity index (χ0n) is 12.5. The Morgan fingerprint density at radius 3 is 2.67 bits per heavy atom. The number of hydrogen-bond acceptors (Lipinski definition) is 3. The van der Waals surface area contributed by atoms with E-state index >= 15 is 0 Å². The van der Waals surface area contributed by atoms with Gasteiger partial charge in [0.05, 0.1) is 6.20 Å². The Bertz CT molecular complexity index is 332. The van der Waals surface area contributed by atoms with Gasteiger partial charge in [-0.1, -0.05) is 13.8 Å². The van der Waals surface area contributed by atoms with Crippen molar-refractivity contribution >= 4 is 0 Å². The fourth-order valence-corrected chi connectivity index (χ4v) is 2.01. The van der Waals surface area contributed by atoms with E-state index in [0.29, 0.717) is 12.1 Å². The summed E-state index contributed by atoms with van der Waals surface area (Å²) in [6, 6.07) is 1.20. The minimum absolute atomic E-state index is 0.591. The molecule has 104 valence electrons. The third-order valence-electron chi connectivity index (χ3n) is 3.29. The first kappa shape index (κ1) is 15.2. The average molecular weight is 252 g/mol. The maximum Gasteiger partial charge on any atom is 0.0534 e. The standard InChI is InChI=1S/C14H28N4/c1-12(2)15-8-6-7-13(3)17(4)10-14-9-16-18(5)11-14/h9,11-13,15H,6-8,10H2,1-5H3. The van der Waals surface area contributed by atoms with Crippen molar-refractivity contribution in [1.82, 2.24) is 20.0 Å². The Hall–Kier alpha value is -0.870. The molecule has 0 aliphatic heterocycles. The predicted molar refractivity (Wildman–Crippen MR) is 76.5 cm³/mol. The summed E-state index contributed by atoms with van der Waals surface area (Å²) in [6.45, 7) is 8.77. The minimum atomic E-state index is 0.591. The molecular formula is C14H28N4. The van der Waals surface area contributed by atoms with Crippen LogP contribution in [-0.4, -0.2) is 40.4 Å². The van der Waals surface area contributed by atoms with E-state index in [9.17, 15) is 0 Å². The highest BCUT2D eigenvalue weighted by atomic mass is 15.2. The highest BCUT2D eigenvalue weighted by molar-refractivity contribution is 5.03. The maximum absolute atomic E-state index is 4.20. The molecule has 1 unspecified atom stereocenters. The van der Waals surface area contributed by atoms with Gasteiger partial charge in [-0.25, -0.2) is 0 Å². The first-order valence-electron chi connectivity index (χ1n) is 6.90. The van der Waals surface area contributed by atoms with Gasteiger partial charge >= 0.3 is 0 Å². The van der Waals surface area contributed by atoms with Crippen molar-refractivity contribution < 1.29 is 0 Å². The molecule has 1 rings (SSSR count). The molecule has 1 atom stereocenters. The number of aromatic nitrogens is 2. The summed E-state index contributed by atoms with van der Waals surface area (Å²) < 4.78 is 1.86. The largest absolute Gasteiger partial charge is 0.315 e. The summed E-state index contributed by atoms with van der Waals surface area (Å²) in [7, 11) is 4.15. The quantitative estimate of drug-likeness (QED) is 0.719. The molecule has 0 saturated carbocycles. The van der Waals surface area contributed by atoms with Gasteiger partial charge in [0.15, 0.2) is 0 Å². The molecule has 0 aromatic carbocycles. The van der Waals surface area contributed by atoms with Crippen LogP contribution in [0.1, 0.15) is 39.2 Å². The van der Waals surface area contributed by atoms with Gasteiger partial charge in [0.1, 0.15) is 0 Å². The normalized spacial score (nSPS) is 13.5. The monoisotopic (exact) mass is 252 g/mol. The van der Waals surface area contributed by atoms with E-state index in [1.807, 2.05) is 17.9 Å². The number of nitrogens with one attached hydrogen (secondary N) is 1. The van der Waals surface area contributed by atoms with Crippen LogP contribution in [0.15, 0.2) is 12.4 Å². The number of aryl methyl sites for hydroxylation is 1. The van der Waals surface area contributed by atoms with E-state index in [0.717, 1.165) is 13.1 Å². The molecular weight excluding hydrogens is 224 g/mol. The van der Waals surface area contributed by atoms with Gasteiger partial charge in [-0.15, -0.1) is 0 Å². The van der Waals surface area contributed by atoms with Gasteiger partial charge in [-0.05, 0) is 33.4 Å². The molecule has 0 bridgehead atoms. The van der Waals surface area contributed by atoms with Crippen LogP contribution in [0.4, 0.5) is 0 Å². The first-order valence-corrected chi connectivity index (χ1v) is 6.90. The molecule has 1 heterocycles. The van der Waals surface area contributed by atoms with Crippen molar-refractivity contribution in [2.45, 2.75) is 52.2 Å². The summed E-state index contributed by atoms with van der Waals surface area (Å²) >= 11 is 0. The van der Waals surface area contributed by atoms with Crippen molar-refractivity contribution in [3.63, 3.8) is 0 Å². The number of rotatable bonds is 8. The summed E-state index contributed by atoms with van der Waals surface area (Å²) in [4.78, 5) is 2.40. The lowest BCUT2D eigenvalue weighted by molar-refractivity contribution is 0.234. The van der Waals surface area contributed by atoms with E-state index < -0.39 is 0 Å². The molecule has 0 spiro atoms. The number of hydrogen-bond donors (Lipinski definition) is 1. The Labute approximate surface area is 111 Å². The van der Waals surface area contributed by atoms with Gasteiger partial charge in [0.2, 0.25) is 0 Å². The fraction of sp³-hybridized carbons (Fsp3) is 0.786. The Morgan fingerprint density at radius 2 is 2.11 bits per heavy atom. The van der Waals surface area contributed by atoms with Crippen molar-refractivity contribution in [1.29, 1.82) is 0 Å². The van der Waals surface area contributed by atoms with Crippen LogP contribution in [0.3, 0.4) is 0 Å². The summed E-state index contributed by atoms with van der Waals surface area (Å²) in [5, 5.41) is 7.66. The summed E-state index contributed by atoms with van der Waals surface area (Å²) in [5.41, 5.74) is 1.28. The minimum Gasteiger partial charge on any atom is -0.315 e. The molecule has 1 aromatic rings. The zero-order chi connectivity index (χ0) is 13.5. The van der Waals surface area contributed by atoms with Crippen LogP contribution in [0, 0.1) is 0 Å². The first-order chi connectivity index (χ1) is 8.49. The second-order valence-corrected chi connectivity index (χ2v) is 5.54. The van der Waals surface area contributed by atoms with E-state index in [1.54, 1.807) is 0 Å². The zero-order valence-corrected chi connectivity index (χ0v) is 12.5. The smallest absolute Gasteiger partial charge is 0.0534 e. The van der Waals surface area contributed by atoms with Crippen molar-refractivity contribution in [2.75, 3.05) is 13.6 Å². The second kappa shape index (κ2) is 7.54. The van der Waals surface area contributed by atoms with Crippen LogP contribution in [0.5, 0.6) is 0 Å². The topological polar surface area (TPSA) is 33.1 Å². The van der Waals surface area contributed by atoms with Gasteiger partial charge in [0, 0.05) is 37.4 Å². The molecule has 1 N–H and O–H groups in total. The van der Waals surface area contributed by atoms with Crippen LogP contribution in [0.25, 0.3) is 0 Å². The van der Waals surface area contributed by atoms with Crippen molar-refractivity contribution in [3.8, 4) is 0 Å². The molecule has 4 heteroatoms. The molecule has 0 fully saturated rings. The average Bonchev–Trinajstić information content (AvgIpc) is 2.69. The Balaban J connectivity index is 2.22. The summed E-state index contributed by atoms with van der Waals surface area (Å²) in [6.07, 6.45) is 6.50. The lowest BCUT2D eigenvalue weighted by atomic mass is 10.1. The predicted octanol–water partition coefficient (Wildman–Crippen LogP) is 2.02. The van der Waals surface area contributed by atoms with Crippen molar-refractivity contribution in [3.05, 3.63) is 18.0 Å². The van der Waals surface area contributed by atoms with Crippen LogP contribution >= 0.6 is 0 Å². The van der Waals surface area contributed by atoms with E-state index in [-0.39, 0.29) is 0 Å². The molecule has 0 saturated heterocycles. The third kappa shape index (κ3) is 5.65. The molecule has 18 heavy (non-hydrogen) atoms. The Kier molecular flexibility index (Phi) is 6.36. The molecule has 0 amide bonds. The van der Waals surface area contributed by atoms with E-state index in [2.05, 4.69) is 49.3 Å². The highest BCUT2D eigenvalue weighted by Gasteiger charge is 2.10. The highest BCUT2D eigenvalue weighted by Crippen LogP contribution is 2.09. The molecule has 0 aliphatic rings. The van der Waals surface area contributed by atoms with E-state index in [4.69, 9.17) is 0 Å². The second-order valence-electron chi connectivity index (χ2n) is 5.54. The van der Waals surface area contributed by atoms with Crippen LogP contribution < -0.4 is 5.32 Å². The van der Waals surface area contributed by atoms with Crippen LogP contribution in [0.2, 0.25) is 0 Å². The van der Waals surface area contributed by atoms with Gasteiger partial charge < -0.3 is 5.32 Å². The molecule has 4 nitrogen and oxygen atoms in total. The van der Waals surface area contributed by atoms with Gasteiger partial charge in [0.25, 0.3) is 0 Å². The maximum atomic E-state index is 4.20. The molecule has 0 aliphatic carbocycles. The van der Waals surface area contributed by atoms with E-state index in [1.165, 1.54) is 18.4 Å². The third-order valence-corrected chi connectivity index (χ3v) is 3.29. The lowest BCUT2D eigenvalue weighted by Gasteiger charge is -2.24. The van der Waals surface area contributed by atoms with Crippen molar-refractivity contribution in [2.24, 2.45) is 7.05 Å².